The summed E-state index contributed by atoms with van der Waals surface area (Å²) in [5.74, 6) is 0.158. The number of rotatable bonds is 6. The number of tetrazole rings is 1. The number of hydrogen-bond acceptors (Lipinski definition) is 7. The number of methoxy groups -OCH3 is 1. The molecule has 2 aromatic carbocycles. The number of sulfone groups is 1. The third-order valence-corrected chi connectivity index (χ3v) is 7.59. The zero-order valence-corrected chi connectivity index (χ0v) is 16.8. The van der Waals surface area contributed by atoms with Gasteiger partial charge in [0, 0.05) is 22.1 Å². The van der Waals surface area contributed by atoms with Gasteiger partial charge in [0.15, 0.2) is 9.84 Å². The van der Waals surface area contributed by atoms with E-state index in [1.54, 1.807) is 42.5 Å². The summed E-state index contributed by atoms with van der Waals surface area (Å²) in [6.45, 7) is 0. The van der Waals surface area contributed by atoms with Crippen molar-refractivity contribution in [3.05, 3.63) is 66.0 Å². The van der Waals surface area contributed by atoms with Gasteiger partial charge in [-0.15, -0.1) is 21.5 Å². The second kappa shape index (κ2) is 7.72. The van der Waals surface area contributed by atoms with Gasteiger partial charge in [-0.2, -0.15) is 5.21 Å². The molecule has 0 saturated carbocycles. The largest absolute Gasteiger partial charge is 0.496 e. The number of benzene rings is 2. The molecule has 0 radical (unpaired) electrons. The first-order valence-corrected chi connectivity index (χ1v) is 10.9. The van der Waals surface area contributed by atoms with Crippen LogP contribution in [-0.4, -0.2) is 36.2 Å². The molecule has 0 bridgehead atoms. The smallest absolute Gasteiger partial charge is 0.204 e. The number of hydrogen-bond donors (Lipinski definition) is 1. The normalized spacial score (nSPS) is 11.5. The summed E-state index contributed by atoms with van der Waals surface area (Å²) in [6, 6.07) is 14.4. The topological polar surface area (TPSA) is 97.8 Å². The SMILES string of the molecule is COc1cc(F)ccc1-c1ccc(S(=O)(=O)Cc2cccc(-c3nn[nH]n3)c2)s1. The summed E-state index contributed by atoms with van der Waals surface area (Å²) in [5, 5.41) is 13.7. The van der Waals surface area contributed by atoms with Gasteiger partial charge in [-0.25, -0.2) is 12.8 Å². The van der Waals surface area contributed by atoms with E-state index in [0.717, 1.165) is 11.3 Å². The predicted octanol–water partition coefficient (Wildman–Crippen LogP) is 3.72. The molecule has 2 heterocycles. The van der Waals surface area contributed by atoms with E-state index in [1.807, 2.05) is 0 Å². The summed E-state index contributed by atoms with van der Waals surface area (Å²) >= 11 is 1.12. The van der Waals surface area contributed by atoms with Crippen molar-refractivity contribution < 1.29 is 17.5 Å². The standard InChI is InChI=1S/C19H15FN4O3S2/c1-27-16-10-14(20)5-6-15(16)17-7-8-18(28-17)29(25,26)11-12-3-2-4-13(9-12)19-21-23-24-22-19/h2-10H,11H2,1H3,(H,21,22,23,24). The molecule has 4 rings (SSSR count). The predicted molar refractivity (Wildman–Crippen MR) is 107 cm³/mol. The minimum absolute atomic E-state index is 0.167. The van der Waals surface area contributed by atoms with E-state index >= 15 is 0 Å². The number of halogens is 1. The van der Waals surface area contributed by atoms with E-state index in [4.69, 9.17) is 4.74 Å². The second-order valence-corrected chi connectivity index (χ2v) is 9.46. The van der Waals surface area contributed by atoms with Crippen LogP contribution < -0.4 is 4.74 Å². The molecule has 0 spiro atoms. The van der Waals surface area contributed by atoms with Gasteiger partial charge < -0.3 is 4.74 Å². The highest BCUT2D eigenvalue weighted by molar-refractivity contribution is 7.92. The Balaban J connectivity index is 1.62. The number of aromatic amines is 1. The van der Waals surface area contributed by atoms with Crippen molar-refractivity contribution in [2.45, 2.75) is 9.96 Å². The fourth-order valence-electron chi connectivity index (χ4n) is 2.88. The van der Waals surface area contributed by atoms with Crippen molar-refractivity contribution in [1.29, 1.82) is 0 Å². The fraction of sp³-hybridized carbons (Fsp3) is 0.105. The zero-order valence-electron chi connectivity index (χ0n) is 15.2. The zero-order chi connectivity index (χ0) is 20.4. The first-order chi connectivity index (χ1) is 14.0. The summed E-state index contributed by atoms with van der Waals surface area (Å²) in [7, 11) is -2.13. The van der Waals surface area contributed by atoms with Crippen LogP contribution >= 0.6 is 11.3 Å². The Morgan fingerprint density at radius 3 is 2.76 bits per heavy atom. The molecule has 0 unspecified atom stereocenters. The third-order valence-electron chi connectivity index (χ3n) is 4.20. The van der Waals surface area contributed by atoms with Crippen LogP contribution in [0.5, 0.6) is 5.75 Å². The van der Waals surface area contributed by atoms with Gasteiger partial charge in [0.1, 0.15) is 15.8 Å². The van der Waals surface area contributed by atoms with Gasteiger partial charge in [0.25, 0.3) is 0 Å². The highest BCUT2D eigenvalue weighted by Crippen LogP contribution is 2.37. The molecule has 4 aromatic rings. The Labute approximate surface area is 170 Å². The van der Waals surface area contributed by atoms with Gasteiger partial charge in [0.2, 0.25) is 5.82 Å². The van der Waals surface area contributed by atoms with Gasteiger partial charge in [-0.1, -0.05) is 18.2 Å². The molecule has 0 aliphatic rings. The van der Waals surface area contributed by atoms with Crippen molar-refractivity contribution in [2.24, 2.45) is 0 Å². The molecule has 0 fully saturated rings. The van der Waals surface area contributed by atoms with Crippen LogP contribution in [0.4, 0.5) is 4.39 Å². The van der Waals surface area contributed by atoms with Crippen LogP contribution in [0.15, 0.2) is 58.8 Å². The quantitative estimate of drug-likeness (QED) is 0.501. The van der Waals surface area contributed by atoms with Crippen LogP contribution in [0.1, 0.15) is 5.56 Å². The Kier molecular flexibility index (Phi) is 5.12. The minimum Gasteiger partial charge on any atom is -0.496 e. The molecule has 7 nitrogen and oxygen atoms in total. The number of nitrogens with zero attached hydrogens (tertiary/aromatic N) is 3. The molecule has 148 valence electrons. The fourth-order valence-corrected chi connectivity index (χ4v) is 5.63. The molecule has 0 aliphatic heterocycles. The molecule has 0 atom stereocenters. The Bertz CT molecular complexity index is 1250. The van der Waals surface area contributed by atoms with E-state index in [2.05, 4.69) is 20.6 Å². The van der Waals surface area contributed by atoms with E-state index < -0.39 is 15.7 Å². The third kappa shape index (κ3) is 4.03. The molecule has 0 aliphatic carbocycles. The average Bonchev–Trinajstić information content (AvgIpc) is 3.40. The lowest BCUT2D eigenvalue weighted by Crippen LogP contribution is -2.03. The maximum absolute atomic E-state index is 13.4. The number of aromatic nitrogens is 4. The molecule has 0 amide bonds. The lowest BCUT2D eigenvalue weighted by atomic mass is 10.1. The van der Waals surface area contributed by atoms with Crippen LogP contribution in [-0.2, 0) is 15.6 Å². The van der Waals surface area contributed by atoms with E-state index in [9.17, 15) is 12.8 Å². The van der Waals surface area contributed by atoms with Crippen LogP contribution in [0.25, 0.3) is 21.8 Å². The Morgan fingerprint density at radius 2 is 2.00 bits per heavy atom. The summed E-state index contributed by atoms with van der Waals surface area (Å²) in [4.78, 5) is 0.681. The van der Waals surface area contributed by atoms with Crippen LogP contribution in [0, 0.1) is 5.82 Å². The highest BCUT2D eigenvalue weighted by Gasteiger charge is 2.20. The van der Waals surface area contributed by atoms with E-state index in [0.29, 0.717) is 33.1 Å². The van der Waals surface area contributed by atoms with Gasteiger partial charge >= 0.3 is 0 Å². The molecule has 2 aromatic heterocycles. The maximum atomic E-state index is 13.4. The van der Waals surface area contributed by atoms with Crippen molar-refractivity contribution in [2.75, 3.05) is 7.11 Å². The van der Waals surface area contributed by atoms with Gasteiger partial charge in [-0.05, 0) is 41.1 Å². The van der Waals surface area contributed by atoms with Crippen LogP contribution in [0.2, 0.25) is 0 Å². The number of nitrogens with one attached hydrogen (secondary N) is 1. The Morgan fingerprint density at radius 1 is 1.14 bits per heavy atom. The first-order valence-electron chi connectivity index (χ1n) is 8.45. The van der Waals surface area contributed by atoms with Gasteiger partial charge in [0.05, 0.1) is 12.9 Å². The van der Waals surface area contributed by atoms with E-state index in [1.165, 1.54) is 19.2 Å². The summed E-state index contributed by atoms with van der Waals surface area (Å²) in [5.41, 5.74) is 1.93. The highest BCUT2D eigenvalue weighted by atomic mass is 32.2. The van der Waals surface area contributed by atoms with Crippen LogP contribution in [0.3, 0.4) is 0 Å². The van der Waals surface area contributed by atoms with Crippen molar-refractivity contribution in [1.82, 2.24) is 20.6 Å². The maximum Gasteiger partial charge on any atom is 0.204 e. The molecular formula is C19H15FN4O3S2. The van der Waals surface area contributed by atoms with Gasteiger partial charge in [-0.3, -0.25) is 0 Å². The van der Waals surface area contributed by atoms with E-state index in [-0.39, 0.29) is 9.96 Å². The lowest BCUT2D eigenvalue weighted by molar-refractivity contribution is 0.413. The molecule has 29 heavy (non-hydrogen) atoms. The van der Waals surface area contributed by atoms with Crippen molar-refractivity contribution in [3.63, 3.8) is 0 Å². The molecule has 0 saturated heterocycles. The average molecular weight is 430 g/mol. The summed E-state index contributed by atoms with van der Waals surface area (Å²) < 4.78 is 44.7. The Hall–Kier alpha value is -3.11. The van der Waals surface area contributed by atoms with Crippen molar-refractivity contribution >= 4 is 21.2 Å². The second-order valence-electron chi connectivity index (χ2n) is 6.16. The molecule has 10 heteroatoms. The molecule has 1 N–H and O–H groups in total. The summed E-state index contributed by atoms with van der Waals surface area (Å²) in [6.07, 6.45) is 0. The first kappa shape index (κ1) is 19.2. The van der Waals surface area contributed by atoms with Crippen molar-refractivity contribution in [3.8, 4) is 27.6 Å². The number of H-pyrrole nitrogens is 1. The number of thiophene rings is 1. The molecular weight excluding hydrogens is 415 g/mol. The number of ether oxygens (including phenoxy) is 1. The lowest BCUT2D eigenvalue weighted by Gasteiger charge is -2.06. The minimum atomic E-state index is -3.57. The monoisotopic (exact) mass is 430 g/mol.